The number of hydrogen-bond donors (Lipinski definition) is 0. The van der Waals surface area contributed by atoms with Crippen molar-refractivity contribution in [1.82, 2.24) is 0 Å². The molecule has 6 heteroatoms. The van der Waals surface area contributed by atoms with Crippen molar-refractivity contribution in [3.8, 4) is 10.4 Å². The molecule has 20 heavy (non-hydrogen) atoms. The van der Waals surface area contributed by atoms with Gasteiger partial charge in [-0.25, -0.2) is 0 Å². The van der Waals surface area contributed by atoms with Crippen molar-refractivity contribution in [3.63, 3.8) is 0 Å². The van der Waals surface area contributed by atoms with Gasteiger partial charge in [-0.3, -0.25) is 0 Å². The summed E-state index contributed by atoms with van der Waals surface area (Å²) < 4.78 is 19.4. The fraction of sp³-hybridized carbons (Fsp3) is 0.214. The molecule has 2 radical (unpaired) electrons. The Balaban J connectivity index is 1.89. The van der Waals surface area contributed by atoms with Crippen LogP contribution in [0.2, 0.25) is 5.21 Å². The van der Waals surface area contributed by atoms with E-state index in [2.05, 4.69) is 16.9 Å². The van der Waals surface area contributed by atoms with E-state index in [4.69, 9.17) is 4.74 Å². The molecule has 1 amide bonds. The van der Waals surface area contributed by atoms with E-state index >= 15 is 0 Å². The zero-order chi connectivity index (χ0) is 14.1. The summed E-state index contributed by atoms with van der Waals surface area (Å²) in [5.41, 5.74) is 1.09. The van der Waals surface area contributed by atoms with Crippen LogP contribution in [0.15, 0.2) is 35.7 Å². The number of halogens is 1. The Morgan fingerprint density at radius 3 is 2.90 bits per heavy atom. The van der Waals surface area contributed by atoms with Crippen molar-refractivity contribution in [2.45, 2.75) is 11.3 Å². The van der Waals surface area contributed by atoms with Crippen LogP contribution < -0.4 is 4.90 Å². The Morgan fingerprint density at radius 2 is 2.30 bits per heavy atom. The van der Waals surface area contributed by atoms with Gasteiger partial charge in [-0.2, -0.15) is 0 Å². The summed E-state index contributed by atoms with van der Waals surface area (Å²) >= 11 is 3.89. The Bertz CT molecular complexity index is 632. The van der Waals surface area contributed by atoms with Crippen LogP contribution in [0.25, 0.3) is 10.4 Å². The van der Waals surface area contributed by atoms with Crippen molar-refractivity contribution < 1.29 is 13.9 Å². The standard InChI is InChI=1S/C14H11AsFNO2S/c15-7-10-8-17(14(18)19-10)9-3-4-11(12(16)6-9)13-2-1-5-20-13/h1-6,10H,7-8H2/t10-/m1/s1. The van der Waals surface area contributed by atoms with E-state index in [9.17, 15) is 9.18 Å². The molecule has 0 N–H and O–H groups in total. The number of ether oxygens (including phenoxy) is 1. The minimum absolute atomic E-state index is 0.137. The maximum atomic E-state index is 14.2. The number of nitrogens with zero attached hydrogens (tertiary/aromatic N) is 1. The van der Waals surface area contributed by atoms with E-state index in [1.807, 2.05) is 17.5 Å². The van der Waals surface area contributed by atoms with Crippen LogP contribution in [0.3, 0.4) is 0 Å². The van der Waals surface area contributed by atoms with Crippen molar-refractivity contribution in [2.24, 2.45) is 0 Å². The summed E-state index contributed by atoms with van der Waals surface area (Å²) in [6, 6.07) is 8.61. The van der Waals surface area contributed by atoms with Crippen molar-refractivity contribution in [1.29, 1.82) is 0 Å². The molecular formula is C14H11AsFNO2S. The second-order valence-corrected chi connectivity index (χ2v) is 6.15. The number of amides is 1. The van der Waals surface area contributed by atoms with Gasteiger partial charge in [0, 0.05) is 0 Å². The number of carbonyl (C=O) groups excluding carboxylic acids is 1. The Labute approximate surface area is 128 Å². The second kappa shape index (κ2) is 5.58. The molecule has 1 aliphatic heterocycles. The second-order valence-electron chi connectivity index (χ2n) is 4.44. The van der Waals surface area contributed by atoms with E-state index in [1.54, 1.807) is 12.1 Å². The molecule has 0 unspecified atom stereocenters. The van der Waals surface area contributed by atoms with Gasteiger partial charge in [-0.15, -0.1) is 0 Å². The molecule has 0 spiro atoms. The number of thiophene rings is 1. The number of benzene rings is 1. The van der Waals surface area contributed by atoms with Crippen molar-refractivity contribution >= 4 is 40.0 Å². The molecule has 1 fully saturated rings. The Morgan fingerprint density at radius 1 is 1.45 bits per heavy atom. The molecule has 3 rings (SSSR count). The zero-order valence-corrected chi connectivity index (χ0v) is 13.1. The first-order valence-electron chi connectivity index (χ1n) is 6.11. The van der Waals surface area contributed by atoms with Gasteiger partial charge in [-0.1, -0.05) is 0 Å². The molecule has 3 nitrogen and oxygen atoms in total. The van der Waals surface area contributed by atoms with Crippen LogP contribution in [0.5, 0.6) is 0 Å². The molecule has 2 heterocycles. The quantitative estimate of drug-likeness (QED) is 0.793. The molecule has 1 atom stereocenters. The molecule has 0 saturated carbocycles. The van der Waals surface area contributed by atoms with Gasteiger partial charge in [0.05, 0.1) is 0 Å². The third-order valence-electron chi connectivity index (χ3n) is 3.13. The molecule has 1 aromatic heterocycles. The fourth-order valence-corrected chi connectivity index (χ4v) is 3.28. The molecular weight excluding hydrogens is 340 g/mol. The first kappa shape index (κ1) is 13.7. The normalized spacial score (nSPS) is 18.4. The van der Waals surface area contributed by atoms with Crippen LogP contribution in [-0.2, 0) is 4.74 Å². The molecule has 0 aliphatic carbocycles. The first-order chi connectivity index (χ1) is 9.69. The topological polar surface area (TPSA) is 29.5 Å². The van der Waals surface area contributed by atoms with Crippen LogP contribution in [0.4, 0.5) is 14.9 Å². The number of cyclic esters (lactones) is 1. The average molecular weight is 351 g/mol. The van der Waals surface area contributed by atoms with E-state index in [1.165, 1.54) is 22.3 Å². The van der Waals surface area contributed by atoms with Crippen LogP contribution in [0, 0.1) is 5.82 Å². The number of anilines is 1. The van der Waals surface area contributed by atoms with Gasteiger partial charge in [-0.05, 0) is 0 Å². The SMILES string of the molecule is O=C1O[C@H](C[As])CN1c1ccc(-c2cccs2)c(F)c1. The third-order valence-corrected chi connectivity index (χ3v) is 4.89. The van der Waals surface area contributed by atoms with E-state index in [0.717, 1.165) is 4.88 Å². The van der Waals surface area contributed by atoms with E-state index < -0.39 is 6.09 Å². The predicted molar refractivity (Wildman–Crippen MR) is 77.9 cm³/mol. The van der Waals surface area contributed by atoms with Crippen molar-refractivity contribution in [2.75, 3.05) is 11.4 Å². The van der Waals surface area contributed by atoms with Gasteiger partial charge in [0.2, 0.25) is 0 Å². The van der Waals surface area contributed by atoms with E-state index in [-0.39, 0.29) is 11.9 Å². The van der Waals surface area contributed by atoms with Gasteiger partial charge in [0.25, 0.3) is 0 Å². The predicted octanol–water partition coefficient (Wildman–Crippen LogP) is 3.47. The maximum absolute atomic E-state index is 14.2. The van der Waals surface area contributed by atoms with Gasteiger partial charge < -0.3 is 0 Å². The summed E-state index contributed by atoms with van der Waals surface area (Å²) in [7, 11) is 0. The van der Waals surface area contributed by atoms with Gasteiger partial charge in [0.15, 0.2) is 0 Å². The summed E-state index contributed by atoms with van der Waals surface area (Å²) in [5.74, 6) is -0.325. The number of hydrogen-bond acceptors (Lipinski definition) is 3. The molecule has 2 aromatic rings. The number of rotatable bonds is 3. The van der Waals surface area contributed by atoms with Crippen LogP contribution in [-0.4, -0.2) is 35.6 Å². The summed E-state index contributed by atoms with van der Waals surface area (Å²) in [6.07, 6.45) is -0.549. The summed E-state index contributed by atoms with van der Waals surface area (Å²) in [6.45, 7) is 0.464. The molecule has 0 bridgehead atoms. The Kier molecular flexibility index (Phi) is 3.81. The first-order valence-corrected chi connectivity index (χ1v) is 8.32. The molecule has 1 aliphatic rings. The minimum atomic E-state index is -0.413. The fourth-order valence-electron chi connectivity index (χ4n) is 2.13. The number of carbonyl (C=O) groups is 1. The average Bonchev–Trinajstić information content (AvgIpc) is 3.07. The van der Waals surface area contributed by atoms with Crippen LogP contribution >= 0.6 is 11.3 Å². The van der Waals surface area contributed by atoms with Crippen molar-refractivity contribution in [3.05, 3.63) is 41.5 Å². The third kappa shape index (κ3) is 2.48. The summed E-state index contributed by atoms with van der Waals surface area (Å²) in [5, 5.41) is 2.61. The van der Waals surface area contributed by atoms with E-state index in [0.29, 0.717) is 23.0 Å². The van der Waals surface area contributed by atoms with Gasteiger partial charge in [0.1, 0.15) is 0 Å². The molecule has 1 aromatic carbocycles. The molecule has 1 saturated heterocycles. The molecule has 102 valence electrons. The van der Waals surface area contributed by atoms with Gasteiger partial charge >= 0.3 is 129 Å². The monoisotopic (exact) mass is 351 g/mol. The summed E-state index contributed by atoms with van der Waals surface area (Å²) in [4.78, 5) is 14.1. The Hall–Kier alpha value is -1.32. The zero-order valence-electron chi connectivity index (χ0n) is 10.5. The van der Waals surface area contributed by atoms with Crippen LogP contribution in [0.1, 0.15) is 0 Å².